The van der Waals surface area contributed by atoms with Crippen LogP contribution in [0.4, 0.5) is 5.69 Å². The van der Waals surface area contributed by atoms with Gasteiger partial charge in [0, 0.05) is 46.0 Å². The highest BCUT2D eigenvalue weighted by Crippen LogP contribution is 2.16. The third kappa shape index (κ3) is 5.60. The second-order valence-corrected chi connectivity index (χ2v) is 7.51. The first-order valence-electron chi connectivity index (χ1n) is 9.89. The first kappa shape index (κ1) is 20.9. The van der Waals surface area contributed by atoms with Crippen LogP contribution in [0.2, 0.25) is 0 Å². The summed E-state index contributed by atoms with van der Waals surface area (Å²) in [4.78, 5) is 30.5. The highest BCUT2D eigenvalue weighted by atomic mass is 16.5. The number of rotatable bonds is 6. The summed E-state index contributed by atoms with van der Waals surface area (Å²) in [6.45, 7) is 3.73. The van der Waals surface area contributed by atoms with Gasteiger partial charge in [0.2, 0.25) is 11.7 Å². The van der Waals surface area contributed by atoms with Gasteiger partial charge in [-0.1, -0.05) is 12.1 Å². The van der Waals surface area contributed by atoms with Gasteiger partial charge in [-0.25, -0.2) is 4.79 Å². The monoisotopic (exact) mass is 399 g/mol. The Morgan fingerprint density at radius 3 is 2.48 bits per heavy atom. The minimum Gasteiger partial charge on any atom is -0.463 e. The van der Waals surface area contributed by atoms with E-state index in [2.05, 4.69) is 9.64 Å². The topological polar surface area (TPSA) is 66.2 Å². The number of furan rings is 1. The molecule has 7 heteroatoms. The Bertz CT molecular complexity index is 829. The quantitative estimate of drug-likeness (QED) is 0.695. The predicted molar refractivity (Wildman–Crippen MR) is 111 cm³/mol. The molecule has 156 valence electrons. The van der Waals surface area contributed by atoms with Crippen molar-refractivity contribution in [3.05, 3.63) is 53.5 Å². The lowest BCUT2D eigenvalue weighted by Crippen LogP contribution is -2.36. The van der Waals surface area contributed by atoms with E-state index < -0.39 is 5.97 Å². The molecular weight excluding hydrogens is 370 g/mol. The van der Waals surface area contributed by atoms with Gasteiger partial charge in [-0.3, -0.25) is 9.69 Å². The highest BCUT2D eigenvalue weighted by Gasteiger charge is 2.20. The van der Waals surface area contributed by atoms with Gasteiger partial charge >= 0.3 is 5.97 Å². The van der Waals surface area contributed by atoms with Crippen molar-refractivity contribution in [1.29, 1.82) is 0 Å². The molecule has 0 saturated carbocycles. The molecular formula is C22H29N3O4. The summed E-state index contributed by atoms with van der Waals surface area (Å²) >= 11 is 0. The lowest BCUT2D eigenvalue weighted by Gasteiger charge is -2.22. The molecule has 0 radical (unpaired) electrons. The van der Waals surface area contributed by atoms with Crippen LogP contribution in [-0.2, 0) is 22.5 Å². The van der Waals surface area contributed by atoms with Gasteiger partial charge in [-0.15, -0.1) is 0 Å². The number of hydrogen-bond donors (Lipinski definition) is 0. The van der Waals surface area contributed by atoms with E-state index in [1.54, 1.807) is 12.1 Å². The molecule has 0 spiro atoms. The molecule has 0 aliphatic carbocycles. The lowest BCUT2D eigenvalue weighted by atomic mass is 10.1. The van der Waals surface area contributed by atoms with Crippen molar-refractivity contribution in [2.75, 3.05) is 52.3 Å². The molecule has 1 saturated heterocycles. The number of methoxy groups -OCH3 is 1. The normalized spacial score (nSPS) is 15.1. The van der Waals surface area contributed by atoms with E-state index >= 15 is 0 Å². The zero-order valence-corrected chi connectivity index (χ0v) is 17.4. The molecule has 1 aliphatic rings. The van der Waals surface area contributed by atoms with E-state index in [-0.39, 0.29) is 11.7 Å². The van der Waals surface area contributed by atoms with Gasteiger partial charge < -0.3 is 19.0 Å². The summed E-state index contributed by atoms with van der Waals surface area (Å²) in [5.41, 5.74) is 2.16. The zero-order valence-electron chi connectivity index (χ0n) is 17.4. The van der Waals surface area contributed by atoms with E-state index in [0.29, 0.717) is 19.5 Å². The van der Waals surface area contributed by atoms with Crippen molar-refractivity contribution in [3.63, 3.8) is 0 Å². The zero-order chi connectivity index (χ0) is 20.8. The standard InChI is InChI=1S/C22H29N3O4/c1-23(2)18-7-5-17(6-8-18)15-21(26)25-12-4-11-24(13-14-25)16-19-9-10-20(29-19)22(27)28-3/h5-10H,4,11-16H2,1-3H3. The molecule has 1 amide bonds. The molecule has 1 fully saturated rings. The minimum atomic E-state index is -0.470. The number of hydrogen-bond acceptors (Lipinski definition) is 6. The number of nitrogens with zero attached hydrogens (tertiary/aromatic N) is 3. The van der Waals surface area contributed by atoms with Crippen LogP contribution in [0.5, 0.6) is 0 Å². The maximum absolute atomic E-state index is 12.7. The lowest BCUT2D eigenvalue weighted by molar-refractivity contribution is -0.130. The number of anilines is 1. The second-order valence-electron chi connectivity index (χ2n) is 7.51. The van der Waals surface area contributed by atoms with Gasteiger partial charge in [-0.05, 0) is 36.2 Å². The van der Waals surface area contributed by atoms with Crippen molar-refractivity contribution >= 4 is 17.6 Å². The average molecular weight is 399 g/mol. The molecule has 1 aliphatic heterocycles. The fourth-order valence-electron chi connectivity index (χ4n) is 3.47. The maximum Gasteiger partial charge on any atom is 0.373 e. The van der Waals surface area contributed by atoms with E-state index in [4.69, 9.17) is 4.42 Å². The Kier molecular flexibility index (Phi) is 6.93. The Balaban J connectivity index is 1.51. The summed E-state index contributed by atoms with van der Waals surface area (Å²) in [5.74, 6) is 0.638. The van der Waals surface area contributed by atoms with E-state index in [1.807, 2.05) is 48.2 Å². The van der Waals surface area contributed by atoms with Crippen LogP contribution < -0.4 is 4.90 Å². The molecule has 7 nitrogen and oxygen atoms in total. The number of carbonyl (C=O) groups is 2. The number of ether oxygens (including phenoxy) is 1. The molecule has 0 atom stereocenters. The van der Waals surface area contributed by atoms with Crippen LogP contribution in [0.15, 0.2) is 40.8 Å². The van der Waals surface area contributed by atoms with Crippen LogP contribution in [0.1, 0.15) is 28.3 Å². The van der Waals surface area contributed by atoms with Gasteiger partial charge in [0.25, 0.3) is 0 Å². The fraction of sp³-hybridized carbons (Fsp3) is 0.455. The van der Waals surface area contributed by atoms with Crippen molar-refractivity contribution in [1.82, 2.24) is 9.80 Å². The Hall–Kier alpha value is -2.80. The Morgan fingerprint density at radius 1 is 1.03 bits per heavy atom. The second kappa shape index (κ2) is 9.60. The summed E-state index contributed by atoms with van der Waals surface area (Å²) in [6.07, 6.45) is 1.34. The van der Waals surface area contributed by atoms with Crippen molar-refractivity contribution < 1.29 is 18.7 Å². The van der Waals surface area contributed by atoms with Gasteiger partial charge in [0.15, 0.2) is 0 Å². The van der Waals surface area contributed by atoms with Crippen LogP contribution in [0, 0.1) is 0 Å². The predicted octanol–water partition coefficient (Wildman–Crippen LogP) is 2.41. The molecule has 0 bridgehead atoms. The van der Waals surface area contributed by atoms with E-state index in [1.165, 1.54) is 7.11 Å². The molecule has 0 unspecified atom stereocenters. The molecule has 1 aromatic carbocycles. The summed E-state index contributed by atoms with van der Waals surface area (Å²) in [5, 5.41) is 0. The third-order valence-electron chi connectivity index (χ3n) is 5.18. The average Bonchev–Trinajstić information content (AvgIpc) is 3.05. The van der Waals surface area contributed by atoms with Gasteiger partial charge in [-0.2, -0.15) is 0 Å². The smallest absolute Gasteiger partial charge is 0.373 e. The molecule has 2 aromatic rings. The summed E-state index contributed by atoms with van der Waals surface area (Å²) in [6, 6.07) is 11.6. The van der Waals surface area contributed by atoms with E-state index in [0.717, 1.165) is 43.1 Å². The maximum atomic E-state index is 12.7. The summed E-state index contributed by atoms with van der Waals surface area (Å²) in [7, 11) is 5.34. The van der Waals surface area contributed by atoms with Crippen molar-refractivity contribution in [3.8, 4) is 0 Å². The molecule has 3 rings (SSSR count). The SMILES string of the molecule is COC(=O)c1ccc(CN2CCCN(C(=O)Cc3ccc(N(C)C)cc3)CC2)o1. The highest BCUT2D eigenvalue weighted by molar-refractivity contribution is 5.86. The first-order chi connectivity index (χ1) is 14.0. The number of benzene rings is 1. The largest absolute Gasteiger partial charge is 0.463 e. The summed E-state index contributed by atoms with van der Waals surface area (Å²) < 4.78 is 10.2. The Labute approximate surface area is 171 Å². The van der Waals surface area contributed by atoms with Crippen LogP contribution in [0.25, 0.3) is 0 Å². The van der Waals surface area contributed by atoms with Gasteiger partial charge in [0.1, 0.15) is 5.76 Å². The molecule has 29 heavy (non-hydrogen) atoms. The number of amides is 1. The fourth-order valence-corrected chi connectivity index (χ4v) is 3.47. The van der Waals surface area contributed by atoms with Crippen LogP contribution in [0.3, 0.4) is 0 Å². The molecule has 0 N–H and O–H groups in total. The Morgan fingerprint density at radius 2 is 1.79 bits per heavy atom. The van der Waals surface area contributed by atoms with Gasteiger partial charge in [0.05, 0.1) is 20.1 Å². The van der Waals surface area contributed by atoms with Crippen molar-refractivity contribution in [2.45, 2.75) is 19.4 Å². The number of esters is 1. The third-order valence-corrected chi connectivity index (χ3v) is 5.18. The van der Waals surface area contributed by atoms with Crippen LogP contribution in [-0.4, -0.2) is 69.1 Å². The van der Waals surface area contributed by atoms with E-state index in [9.17, 15) is 9.59 Å². The minimum absolute atomic E-state index is 0.162. The molecule has 1 aromatic heterocycles. The first-order valence-corrected chi connectivity index (χ1v) is 9.89. The van der Waals surface area contributed by atoms with Crippen molar-refractivity contribution in [2.24, 2.45) is 0 Å². The molecule has 2 heterocycles. The number of carbonyl (C=O) groups excluding carboxylic acids is 2. The van der Waals surface area contributed by atoms with Crippen LogP contribution >= 0.6 is 0 Å².